The van der Waals surface area contributed by atoms with Gasteiger partial charge in [-0.2, -0.15) is 0 Å². The number of rotatable bonds is 8. The third-order valence-corrected chi connectivity index (χ3v) is 5.44. The third kappa shape index (κ3) is 7.13. The molecular formula is C17H24O11S. The molecule has 1 saturated heterocycles. The number of hydrogen-bond donors (Lipinski definition) is 0. The SMILES string of the molecule is C=CCS(=O)(=O)[C@@H]1O[C@H](COC(C)=O)[C@@H](OC(C)=O)[C@H](OC(C)=O)[C@H]1OC(C)=O. The Bertz CT molecular complexity index is 757. The Balaban J connectivity index is 3.49. The first-order chi connectivity index (χ1) is 13.4. The summed E-state index contributed by atoms with van der Waals surface area (Å²) in [5.41, 5.74) is -1.79. The molecule has 0 aromatic heterocycles. The molecule has 1 aliphatic rings. The first kappa shape index (κ1) is 24.6. The minimum Gasteiger partial charge on any atom is -0.463 e. The fraction of sp³-hybridized carbons (Fsp3) is 0.647. The van der Waals surface area contributed by atoms with Crippen LogP contribution in [0.25, 0.3) is 0 Å². The molecule has 0 spiro atoms. The molecule has 0 radical (unpaired) electrons. The van der Waals surface area contributed by atoms with Crippen LogP contribution in [0.15, 0.2) is 12.7 Å². The highest BCUT2D eigenvalue weighted by Crippen LogP contribution is 2.32. The zero-order chi connectivity index (χ0) is 22.4. The summed E-state index contributed by atoms with van der Waals surface area (Å²) >= 11 is 0. The molecule has 1 aliphatic heterocycles. The smallest absolute Gasteiger partial charge is 0.303 e. The number of esters is 4. The molecule has 5 atom stereocenters. The van der Waals surface area contributed by atoms with Gasteiger partial charge in [0.1, 0.15) is 12.7 Å². The molecule has 0 bridgehead atoms. The van der Waals surface area contributed by atoms with E-state index in [0.717, 1.165) is 33.8 Å². The molecule has 1 heterocycles. The van der Waals surface area contributed by atoms with Crippen molar-refractivity contribution in [1.82, 2.24) is 0 Å². The van der Waals surface area contributed by atoms with Gasteiger partial charge in [0.2, 0.25) is 0 Å². The van der Waals surface area contributed by atoms with Crippen LogP contribution in [0.1, 0.15) is 27.7 Å². The second-order valence-electron chi connectivity index (χ2n) is 6.19. The van der Waals surface area contributed by atoms with Gasteiger partial charge in [-0.15, -0.1) is 6.58 Å². The van der Waals surface area contributed by atoms with E-state index in [4.69, 9.17) is 23.7 Å². The Kier molecular flexibility index (Phi) is 8.77. The van der Waals surface area contributed by atoms with Crippen LogP contribution in [-0.4, -0.2) is 74.5 Å². The topological polar surface area (TPSA) is 149 Å². The summed E-state index contributed by atoms with van der Waals surface area (Å²) in [5, 5.41) is 0. The molecule has 164 valence electrons. The predicted molar refractivity (Wildman–Crippen MR) is 95.9 cm³/mol. The van der Waals surface area contributed by atoms with Crippen LogP contribution in [0.5, 0.6) is 0 Å². The summed E-state index contributed by atoms with van der Waals surface area (Å²) in [6.45, 7) is 7.10. The normalized spacial score (nSPS) is 26.7. The van der Waals surface area contributed by atoms with Gasteiger partial charge in [-0.25, -0.2) is 8.42 Å². The summed E-state index contributed by atoms with van der Waals surface area (Å²) in [6.07, 6.45) is -4.79. The van der Waals surface area contributed by atoms with Crippen molar-refractivity contribution < 1.29 is 51.3 Å². The minimum absolute atomic E-state index is 0.502. The Labute approximate surface area is 168 Å². The molecule has 0 unspecified atom stereocenters. The van der Waals surface area contributed by atoms with Gasteiger partial charge in [-0.05, 0) is 0 Å². The van der Waals surface area contributed by atoms with Gasteiger partial charge in [0, 0.05) is 27.7 Å². The molecule has 0 aromatic rings. The number of hydrogen-bond acceptors (Lipinski definition) is 11. The Morgan fingerprint density at radius 3 is 1.79 bits per heavy atom. The van der Waals surface area contributed by atoms with Crippen molar-refractivity contribution in [2.45, 2.75) is 57.5 Å². The van der Waals surface area contributed by atoms with Crippen LogP contribution in [-0.2, 0) is 52.7 Å². The highest BCUT2D eigenvalue weighted by molar-refractivity contribution is 7.92. The summed E-state index contributed by atoms with van der Waals surface area (Å²) < 4.78 is 51.1. The van der Waals surface area contributed by atoms with E-state index in [1.165, 1.54) is 0 Å². The third-order valence-electron chi connectivity index (χ3n) is 3.65. The van der Waals surface area contributed by atoms with Crippen molar-refractivity contribution in [2.24, 2.45) is 0 Å². The molecule has 11 nitrogen and oxygen atoms in total. The van der Waals surface area contributed by atoms with Crippen molar-refractivity contribution in [3.05, 3.63) is 12.7 Å². The highest BCUT2D eigenvalue weighted by Gasteiger charge is 2.55. The van der Waals surface area contributed by atoms with Crippen molar-refractivity contribution in [3.63, 3.8) is 0 Å². The quantitative estimate of drug-likeness (QED) is 0.280. The van der Waals surface area contributed by atoms with Gasteiger partial charge in [-0.3, -0.25) is 19.2 Å². The predicted octanol–water partition coefficient (Wildman–Crippen LogP) is -0.330. The summed E-state index contributed by atoms with van der Waals surface area (Å²) in [7, 11) is -4.11. The number of carbonyl (C=O) groups is 4. The standard InChI is InChI=1S/C17H24O11S/c1-6-7-29(22,23)17-16(27-12(5)21)15(26-11(4)20)14(25-10(3)19)13(28-17)8-24-9(2)18/h6,13-17H,1,7-8H2,2-5H3/t13-,14-,15+,16-,17+/m1/s1. The lowest BCUT2D eigenvalue weighted by molar-refractivity contribution is -0.238. The molecule has 0 amide bonds. The molecule has 0 saturated carbocycles. The van der Waals surface area contributed by atoms with Gasteiger partial charge in [0.05, 0.1) is 5.75 Å². The fourth-order valence-electron chi connectivity index (χ4n) is 2.74. The molecule has 0 N–H and O–H groups in total. The fourth-order valence-corrected chi connectivity index (χ4v) is 4.19. The maximum atomic E-state index is 12.7. The summed E-state index contributed by atoms with van der Waals surface area (Å²) in [4.78, 5) is 46.0. The van der Waals surface area contributed by atoms with E-state index in [0.29, 0.717) is 0 Å². The van der Waals surface area contributed by atoms with Crippen LogP contribution >= 0.6 is 0 Å². The maximum absolute atomic E-state index is 12.7. The number of sulfone groups is 1. The highest BCUT2D eigenvalue weighted by atomic mass is 32.2. The van der Waals surface area contributed by atoms with Gasteiger partial charge in [0.15, 0.2) is 33.6 Å². The Morgan fingerprint density at radius 2 is 1.34 bits per heavy atom. The van der Waals surface area contributed by atoms with Crippen LogP contribution in [0.2, 0.25) is 0 Å². The minimum atomic E-state index is -4.11. The monoisotopic (exact) mass is 436 g/mol. The molecule has 29 heavy (non-hydrogen) atoms. The molecule has 0 aliphatic carbocycles. The second-order valence-corrected chi connectivity index (χ2v) is 8.31. The van der Waals surface area contributed by atoms with Crippen LogP contribution in [0.4, 0.5) is 0 Å². The lowest BCUT2D eigenvalue weighted by atomic mass is 9.99. The van der Waals surface area contributed by atoms with Crippen molar-refractivity contribution in [2.75, 3.05) is 12.4 Å². The average Bonchev–Trinajstić information content (AvgIpc) is 2.55. The van der Waals surface area contributed by atoms with E-state index in [9.17, 15) is 27.6 Å². The average molecular weight is 436 g/mol. The summed E-state index contributed by atoms with van der Waals surface area (Å²) in [5.74, 6) is -3.78. The largest absolute Gasteiger partial charge is 0.463 e. The van der Waals surface area contributed by atoms with Gasteiger partial charge >= 0.3 is 23.9 Å². The van der Waals surface area contributed by atoms with E-state index < -0.39 is 75.9 Å². The van der Waals surface area contributed by atoms with Gasteiger partial charge in [0.25, 0.3) is 0 Å². The molecular weight excluding hydrogens is 412 g/mol. The second kappa shape index (κ2) is 10.3. The maximum Gasteiger partial charge on any atom is 0.303 e. The Morgan fingerprint density at radius 1 is 0.862 bits per heavy atom. The van der Waals surface area contributed by atoms with E-state index in [1.54, 1.807) is 0 Å². The van der Waals surface area contributed by atoms with Gasteiger partial charge < -0.3 is 23.7 Å². The van der Waals surface area contributed by atoms with Crippen molar-refractivity contribution in [3.8, 4) is 0 Å². The lowest BCUT2D eigenvalue weighted by Gasteiger charge is -2.43. The number of carbonyl (C=O) groups excluding carboxylic acids is 4. The summed E-state index contributed by atoms with van der Waals surface area (Å²) in [6, 6.07) is 0. The first-order valence-corrected chi connectivity index (χ1v) is 10.2. The molecule has 1 fully saturated rings. The zero-order valence-electron chi connectivity index (χ0n) is 16.5. The zero-order valence-corrected chi connectivity index (χ0v) is 17.3. The van der Waals surface area contributed by atoms with E-state index >= 15 is 0 Å². The molecule has 0 aromatic carbocycles. The Hall–Kier alpha value is -2.47. The van der Waals surface area contributed by atoms with E-state index in [-0.39, 0.29) is 0 Å². The molecule has 12 heteroatoms. The number of ether oxygens (including phenoxy) is 5. The first-order valence-electron chi connectivity index (χ1n) is 8.52. The van der Waals surface area contributed by atoms with Crippen LogP contribution in [0, 0.1) is 0 Å². The van der Waals surface area contributed by atoms with Crippen LogP contribution in [0.3, 0.4) is 0 Å². The van der Waals surface area contributed by atoms with Crippen molar-refractivity contribution in [1.29, 1.82) is 0 Å². The van der Waals surface area contributed by atoms with Crippen molar-refractivity contribution >= 4 is 33.7 Å². The molecule has 1 rings (SSSR count). The van der Waals surface area contributed by atoms with Gasteiger partial charge in [-0.1, -0.05) is 6.08 Å². The van der Waals surface area contributed by atoms with E-state index in [1.807, 2.05) is 0 Å². The van der Waals surface area contributed by atoms with Crippen LogP contribution < -0.4 is 0 Å². The van der Waals surface area contributed by atoms with E-state index in [2.05, 4.69) is 6.58 Å². The lowest BCUT2D eigenvalue weighted by Crippen LogP contribution is -2.64.